The number of amides is 2. The minimum absolute atomic E-state index is 0.208. The van der Waals surface area contributed by atoms with Crippen molar-refractivity contribution in [2.45, 2.75) is 58.1 Å². The van der Waals surface area contributed by atoms with Crippen molar-refractivity contribution in [3.05, 3.63) is 0 Å². The van der Waals surface area contributed by atoms with Crippen molar-refractivity contribution in [2.24, 2.45) is 0 Å². The molecular formula is C14H26N2O4. The zero-order chi connectivity index (χ0) is 15.3. The van der Waals surface area contributed by atoms with E-state index in [0.717, 1.165) is 19.3 Å². The molecule has 1 saturated heterocycles. The number of carbonyl (C=O) groups is 2. The summed E-state index contributed by atoms with van der Waals surface area (Å²) in [7, 11) is 2.99. The fourth-order valence-corrected chi connectivity index (χ4v) is 2.20. The number of hydrogen-bond donors (Lipinski definition) is 0. The van der Waals surface area contributed by atoms with Crippen LogP contribution in [0.3, 0.4) is 0 Å². The van der Waals surface area contributed by atoms with E-state index in [2.05, 4.69) is 0 Å². The second kappa shape index (κ2) is 6.92. The molecule has 0 aromatic heterocycles. The molecule has 1 aliphatic rings. The topological polar surface area (TPSA) is 59.1 Å². The number of carbonyl (C=O) groups excluding carboxylic acids is 2. The summed E-state index contributed by atoms with van der Waals surface area (Å²) < 4.78 is 5.40. The molecule has 6 heteroatoms. The second-order valence-corrected chi connectivity index (χ2v) is 6.06. The monoisotopic (exact) mass is 286 g/mol. The van der Waals surface area contributed by atoms with Crippen LogP contribution in [0.15, 0.2) is 0 Å². The Kier molecular flexibility index (Phi) is 5.80. The van der Waals surface area contributed by atoms with E-state index in [0.29, 0.717) is 13.0 Å². The maximum Gasteiger partial charge on any atom is 0.410 e. The van der Waals surface area contributed by atoms with E-state index in [4.69, 9.17) is 9.57 Å². The Bertz CT molecular complexity index is 352. The maximum absolute atomic E-state index is 12.3. The summed E-state index contributed by atoms with van der Waals surface area (Å²) in [5, 5.41) is 1.17. The Morgan fingerprint density at radius 3 is 2.40 bits per heavy atom. The average molecular weight is 286 g/mol. The summed E-state index contributed by atoms with van der Waals surface area (Å²) in [6.07, 6.45) is 3.04. The first-order valence-corrected chi connectivity index (χ1v) is 7.07. The van der Waals surface area contributed by atoms with E-state index in [1.807, 2.05) is 20.8 Å². The lowest BCUT2D eigenvalue weighted by Gasteiger charge is -2.32. The summed E-state index contributed by atoms with van der Waals surface area (Å²) in [5.41, 5.74) is -0.565. The van der Waals surface area contributed by atoms with Gasteiger partial charge in [-0.25, -0.2) is 9.86 Å². The minimum Gasteiger partial charge on any atom is -0.444 e. The van der Waals surface area contributed by atoms with Gasteiger partial charge in [-0.2, -0.15) is 0 Å². The van der Waals surface area contributed by atoms with Gasteiger partial charge in [0.15, 0.2) is 0 Å². The Morgan fingerprint density at radius 2 is 1.85 bits per heavy atom. The smallest absolute Gasteiger partial charge is 0.410 e. The molecule has 0 aromatic rings. The van der Waals surface area contributed by atoms with Crippen LogP contribution in [0.25, 0.3) is 0 Å². The predicted molar refractivity (Wildman–Crippen MR) is 75.0 cm³/mol. The zero-order valence-electron chi connectivity index (χ0n) is 13.1. The molecule has 116 valence electrons. The molecule has 6 nitrogen and oxygen atoms in total. The van der Waals surface area contributed by atoms with E-state index in [9.17, 15) is 9.59 Å². The highest BCUT2D eigenvalue weighted by atomic mass is 16.7. The minimum atomic E-state index is -0.565. The van der Waals surface area contributed by atoms with Crippen LogP contribution in [0.4, 0.5) is 4.79 Å². The van der Waals surface area contributed by atoms with Crippen LogP contribution in [0.2, 0.25) is 0 Å². The van der Waals surface area contributed by atoms with E-state index in [-0.39, 0.29) is 5.91 Å². The summed E-state index contributed by atoms with van der Waals surface area (Å²) in [4.78, 5) is 31.1. The number of hydrogen-bond acceptors (Lipinski definition) is 4. The molecule has 0 radical (unpaired) electrons. The van der Waals surface area contributed by atoms with Crippen molar-refractivity contribution in [1.82, 2.24) is 9.96 Å². The third-order valence-corrected chi connectivity index (χ3v) is 3.25. The third-order valence-electron chi connectivity index (χ3n) is 3.25. The summed E-state index contributed by atoms with van der Waals surface area (Å²) >= 11 is 0. The molecule has 1 atom stereocenters. The van der Waals surface area contributed by atoms with Crippen molar-refractivity contribution in [3.8, 4) is 0 Å². The van der Waals surface area contributed by atoms with Crippen LogP contribution < -0.4 is 0 Å². The van der Waals surface area contributed by atoms with Gasteiger partial charge in [0.25, 0.3) is 5.91 Å². The number of nitrogens with zero attached hydrogens (tertiary/aromatic N) is 2. The van der Waals surface area contributed by atoms with Crippen LogP contribution in [-0.2, 0) is 14.4 Å². The SMILES string of the molecule is CON(C)C(=O)[C@H]1CCCCCN1C(=O)OC(C)(C)C. The second-order valence-electron chi connectivity index (χ2n) is 6.06. The highest BCUT2D eigenvalue weighted by molar-refractivity contribution is 5.85. The third kappa shape index (κ3) is 4.67. The van der Waals surface area contributed by atoms with Crippen LogP contribution in [0, 0.1) is 0 Å². The molecule has 0 aliphatic carbocycles. The molecule has 1 aliphatic heterocycles. The lowest BCUT2D eigenvalue weighted by atomic mass is 10.1. The van der Waals surface area contributed by atoms with E-state index < -0.39 is 17.7 Å². The van der Waals surface area contributed by atoms with Gasteiger partial charge in [0.2, 0.25) is 0 Å². The van der Waals surface area contributed by atoms with E-state index >= 15 is 0 Å². The van der Waals surface area contributed by atoms with Gasteiger partial charge < -0.3 is 4.74 Å². The molecule has 1 heterocycles. The van der Waals surface area contributed by atoms with Crippen molar-refractivity contribution < 1.29 is 19.2 Å². The quantitative estimate of drug-likeness (QED) is 0.730. The first-order chi connectivity index (χ1) is 9.26. The molecule has 0 spiro atoms. The first kappa shape index (κ1) is 16.8. The lowest BCUT2D eigenvalue weighted by molar-refractivity contribution is -0.174. The van der Waals surface area contributed by atoms with E-state index in [1.54, 1.807) is 7.05 Å². The standard InChI is InChI=1S/C14H26N2O4/c1-14(2,3)20-13(18)16-10-8-6-7-9-11(16)12(17)15(4)19-5/h11H,6-10H2,1-5H3/t11-/m1/s1. The Labute approximate surface area is 121 Å². The van der Waals surface area contributed by atoms with Crippen LogP contribution in [0.5, 0.6) is 0 Å². The van der Waals surface area contributed by atoms with Gasteiger partial charge in [-0.15, -0.1) is 0 Å². The largest absolute Gasteiger partial charge is 0.444 e. The number of hydroxylamine groups is 2. The molecule has 0 unspecified atom stereocenters. The number of rotatable bonds is 2. The molecule has 20 heavy (non-hydrogen) atoms. The van der Waals surface area contributed by atoms with Gasteiger partial charge in [0, 0.05) is 13.6 Å². The average Bonchev–Trinajstić information content (AvgIpc) is 2.60. The highest BCUT2D eigenvalue weighted by Crippen LogP contribution is 2.21. The van der Waals surface area contributed by atoms with Crippen LogP contribution in [-0.4, -0.2) is 54.3 Å². The predicted octanol–water partition coefficient (Wildman–Crippen LogP) is 2.19. The molecule has 1 rings (SSSR count). The zero-order valence-corrected chi connectivity index (χ0v) is 13.1. The van der Waals surface area contributed by atoms with Crippen molar-refractivity contribution in [3.63, 3.8) is 0 Å². The van der Waals surface area contributed by atoms with Crippen molar-refractivity contribution in [2.75, 3.05) is 20.7 Å². The molecule has 0 saturated carbocycles. The Morgan fingerprint density at radius 1 is 1.20 bits per heavy atom. The Hall–Kier alpha value is -1.30. The fourth-order valence-electron chi connectivity index (χ4n) is 2.20. The summed E-state index contributed by atoms with van der Waals surface area (Å²) in [5.74, 6) is -0.208. The van der Waals surface area contributed by atoms with Gasteiger partial charge in [-0.05, 0) is 33.6 Å². The molecule has 0 N–H and O–H groups in total. The number of likely N-dealkylation sites (tertiary alicyclic amines) is 1. The Balaban J connectivity index is 2.86. The van der Waals surface area contributed by atoms with Gasteiger partial charge in [-0.1, -0.05) is 12.8 Å². The first-order valence-electron chi connectivity index (χ1n) is 7.07. The van der Waals surface area contributed by atoms with Gasteiger partial charge in [0.1, 0.15) is 11.6 Å². The molecule has 0 bridgehead atoms. The van der Waals surface area contributed by atoms with Crippen molar-refractivity contribution in [1.29, 1.82) is 0 Å². The molecule has 2 amide bonds. The number of likely N-dealkylation sites (N-methyl/N-ethyl adjacent to an activating group) is 1. The lowest BCUT2D eigenvalue weighted by Crippen LogP contribution is -2.50. The summed E-state index contributed by atoms with van der Waals surface area (Å²) in [6.45, 7) is 6.01. The normalized spacial score (nSPS) is 20.2. The van der Waals surface area contributed by atoms with E-state index in [1.165, 1.54) is 17.1 Å². The summed E-state index contributed by atoms with van der Waals surface area (Å²) in [6, 6.07) is -0.503. The van der Waals surface area contributed by atoms with Crippen LogP contribution >= 0.6 is 0 Å². The van der Waals surface area contributed by atoms with Gasteiger partial charge in [0.05, 0.1) is 7.11 Å². The van der Waals surface area contributed by atoms with Gasteiger partial charge in [-0.3, -0.25) is 14.5 Å². The molecule has 0 aromatic carbocycles. The van der Waals surface area contributed by atoms with Crippen molar-refractivity contribution >= 4 is 12.0 Å². The molecule has 1 fully saturated rings. The van der Waals surface area contributed by atoms with Gasteiger partial charge >= 0.3 is 6.09 Å². The highest BCUT2D eigenvalue weighted by Gasteiger charge is 2.35. The maximum atomic E-state index is 12.3. The van der Waals surface area contributed by atoms with Crippen LogP contribution in [0.1, 0.15) is 46.5 Å². The molecular weight excluding hydrogens is 260 g/mol. The number of ether oxygens (including phenoxy) is 1. The fraction of sp³-hybridized carbons (Fsp3) is 0.857.